The Morgan fingerprint density at radius 1 is 1.13 bits per heavy atom. The molecule has 3 aromatic carbocycles. The highest BCUT2D eigenvalue weighted by Gasteiger charge is 2.11. The second-order valence-electron chi connectivity index (χ2n) is 6.82. The molecule has 3 rings (SSSR count). The Balaban J connectivity index is 1.69. The second kappa shape index (κ2) is 10.3. The third kappa shape index (κ3) is 6.11. The van der Waals surface area contributed by atoms with Crippen molar-refractivity contribution in [3.8, 4) is 17.6 Å². The molecule has 0 saturated heterocycles. The lowest BCUT2D eigenvalue weighted by Crippen LogP contribution is -2.13. The largest absolute Gasteiger partial charge is 0.497 e. The Kier molecular flexibility index (Phi) is 7.31. The molecule has 3 aromatic rings. The predicted octanol–water partition coefficient (Wildman–Crippen LogP) is 5.78. The molecular weight excluding hydrogens is 412 g/mol. The average molecular weight is 433 g/mol. The van der Waals surface area contributed by atoms with Gasteiger partial charge in [-0.1, -0.05) is 47.5 Å². The van der Waals surface area contributed by atoms with Crippen LogP contribution in [0, 0.1) is 18.3 Å². The lowest BCUT2D eigenvalue weighted by atomic mass is 10.1. The topological polar surface area (TPSA) is 71.3 Å². The van der Waals surface area contributed by atoms with Crippen LogP contribution in [-0.4, -0.2) is 13.0 Å². The second-order valence-corrected chi connectivity index (χ2v) is 7.23. The summed E-state index contributed by atoms with van der Waals surface area (Å²) in [6, 6.07) is 21.9. The van der Waals surface area contributed by atoms with Crippen LogP contribution in [0.2, 0.25) is 5.02 Å². The van der Waals surface area contributed by atoms with Crippen molar-refractivity contribution < 1.29 is 14.3 Å². The molecule has 1 amide bonds. The number of hydrogen-bond donors (Lipinski definition) is 1. The van der Waals surface area contributed by atoms with Crippen LogP contribution in [0.25, 0.3) is 6.08 Å². The fourth-order valence-electron chi connectivity index (χ4n) is 2.87. The van der Waals surface area contributed by atoms with Gasteiger partial charge in [-0.15, -0.1) is 0 Å². The molecule has 0 heterocycles. The Morgan fingerprint density at radius 3 is 2.55 bits per heavy atom. The van der Waals surface area contributed by atoms with Gasteiger partial charge in [0, 0.05) is 5.69 Å². The summed E-state index contributed by atoms with van der Waals surface area (Å²) < 4.78 is 10.9. The Hall–Kier alpha value is -3.75. The summed E-state index contributed by atoms with van der Waals surface area (Å²) in [6.07, 6.45) is 1.48. The third-order valence-electron chi connectivity index (χ3n) is 4.46. The van der Waals surface area contributed by atoms with Crippen molar-refractivity contribution in [2.24, 2.45) is 0 Å². The first-order valence-electron chi connectivity index (χ1n) is 9.53. The highest BCUT2D eigenvalue weighted by atomic mass is 35.5. The molecule has 156 valence electrons. The summed E-state index contributed by atoms with van der Waals surface area (Å²) in [5.41, 5.74) is 3.34. The van der Waals surface area contributed by atoms with E-state index < -0.39 is 5.91 Å². The standard InChI is InChI=1S/C25H21ClN2O3/c1-17-4-3-5-19(12-17)16-31-24-11-6-18(14-23(24)26)13-20(15-27)25(29)28-21-7-9-22(30-2)10-8-21/h3-14H,16H2,1-2H3,(H,28,29)/b20-13+. The molecule has 0 spiro atoms. The first-order valence-corrected chi connectivity index (χ1v) is 9.91. The molecule has 0 unspecified atom stereocenters. The number of anilines is 1. The van der Waals surface area contributed by atoms with Gasteiger partial charge in [0.1, 0.15) is 29.7 Å². The third-order valence-corrected chi connectivity index (χ3v) is 4.75. The predicted molar refractivity (Wildman–Crippen MR) is 122 cm³/mol. The summed E-state index contributed by atoms with van der Waals surface area (Å²) in [4.78, 5) is 12.5. The summed E-state index contributed by atoms with van der Waals surface area (Å²) >= 11 is 6.34. The smallest absolute Gasteiger partial charge is 0.266 e. The number of rotatable bonds is 7. The SMILES string of the molecule is COc1ccc(NC(=O)/C(C#N)=C/c2ccc(OCc3cccc(C)c3)c(Cl)c2)cc1. The molecule has 0 aliphatic heterocycles. The number of ether oxygens (including phenoxy) is 2. The van der Waals surface area contributed by atoms with Gasteiger partial charge in [0.2, 0.25) is 0 Å². The summed E-state index contributed by atoms with van der Waals surface area (Å²) in [6.45, 7) is 2.42. The Bertz CT molecular complexity index is 1150. The molecule has 0 aliphatic carbocycles. The highest BCUT2D eigenvalue weighted by molar-refractivity contribution is 6.32. The van der Waals surface area contributed by atoms with Crippen molar-refractivity contribution in [1.82, 2.24) is 0 Å². The summed E-state index contributed by atoms with van der Waals surface area (Å²) in [7, 11) is 1.56. The zero-order chi connectivity index (χ0) is 22.2. The maximum Gasteiger partial charge on any atom is 0.266 e. The van der Waals surface area contributed by atoms with E-state index in [1.165, 1.54) is 6.08 Å². The van der Waals surface area contributed by atoms with Crippen LogP contribution in [-0.2, 0) is 11.4 Å². The van der Waals surface area contributed by atoms with E-state index in [2.05, 4.69) is 5.32 Å². The molecule has 0 aromatic heterocycles. The number of carbonyl (C=O) groups is 1. The first-order chi connectivity index (χ1) is 15.0. The Labute approximate surface area is 186 Å². The molecule has 0 aliphatic rings. The molecule has 31 heavy (non-hydrogen) atoms. The van der Waals surface area contributed by atoms with Crippen LogP contribution in [0.1, 0.15) is 16.7 Å². The normalized spacial score (nSPS) is 10.8. The molecule has 5 nitrogen and oxygen atoms in total. The van der Waals surface area contributed by atoms with E-state index in [1.54, 1.807) is 49.6 Å². The van der Waals surface area contributed by atoms with Crippen molar-refractivity contribution in [3.05, 3.63) is 94.0 Å². The van der Waals surface area contributed by atoms with Gasteiger partial charge in [-0.05, 0) is 60.5 Å². The summed E-state index contributed by atoms with van der Waals surface area (Å²) in [5, 5.41) is 12.5. The minimum Gasteiger partial charge on any atom is -0.497 e. The molecule has 0 radical (unpaired) electrons. The van der Waals surface area contributed by atoms with Crippen molar-refractivity contribution in [3.63, 3.8) is 0 Å². The number of carbonyl (C=O) groups excluding carboxylic acids is 1. The molecule has 0 atom stereocenters. The molecule has 0 saturated carbocycles. The summed E-state index contributed by atoms with van der Waals surface area (Å²) in [5.74, 6) is 0.693. The van der Waals surface area contributed by atoms with Gasteiger partial charge in [-0.25, -0.2) is 0 Å². The van der Waals surface area contributed by atoms with Gasteiger partial charge >= 0.3 is 0 Å². The van der Waals surface area contributed by atoms with E-state index in [0.29, 0.717) is 34.4 Å². The van der Waals surface area contributed by atoms with E-state index >= 15 is 0 Å². The van der Waals surface area contributed by atoms with E-state index in [0.717, 1.165) is 11.1 Å². The van der Waals surface area contributed by atoms with Crippen molar-refractivity contribution in [2.75, 3.05) is 12.4 Å². The van der Waals surface area contributed by atoms with Crippen LogP contribution in [0.15, 0.2) is 72.3 Å². The minimum absolute atomic E-state index is 0.0414. The van der Waals surface area contributed by atoms with E-state index in [9.17, 15) is 10.1 Å². The van der Waals surface area contributed by atoms with Gasteiger partial charge in [0.25, 0.3) is 5.91 Å². The molecular formula is C25H21ClN2O3. The van der Waals surface area contributed by atoms with Gasteiger partial charge in [0.05, 0.1) is 12.1 Å². The van der Waals surface area contributed by atoms with Crippen molar-refractivity contribution in [2.45, 2.75) is 13.5 Å². The molecule has 0 bridgehead atoms. The number of halogens is 1. The molecule has 0 fully saturated rings. The lowest BCUT2D eigenvalue weighted by molar-refractivity contribution is -0.112. The number of aryl methyl sites for hydroxylation is 1. The fraction of sp³-hybridized carbons (Fsp3) is 0.120. The van der Waals surface area contributed by atoms with Gasteiger partial charge in [-0.2, -0.15) is 5.26 Å². The van der Waals surface area contributed by atoms with E-state index in [1.807, 2.05) is 37.3 Å². The van der Waals surface area contributed by atoms with Crippen LogP contribution >= 0.6 is 11.6 Å². The quantitative estimate of drug-likeness (QED) is 0.379. The van der Waals surface area contributed by atoms with E-state index in [-0.39, 0.29) is 5.57 Å². The maximum absolute atomic E-state index is 12.5. The number of benzene rings is 3. The number of methoxy groups -OCH3 is 1. The number of hydrogen-bond acceptors (Lipinski definition) is 4. The highest BCUT2D eigenvalue weighted by Crippen LogP contribution is 2.27. The number of amides is 1. The zero-order valence-corrected chi connectivity index (χ0v) is 17.9. The van der Waals surface area contributed by atoms with Gasteiger partial charge < -0.3 is 14.8 Å². The number of nitrogens with one attached hydrogen (secondary N) is 1. The number of nitriles is 1. The monoisotopic (exact) mass is 432 g/mol. The van der Waals surface area contributed by atoms with Gasteiger partial charge in [-0.3, -0.25) is 4.79 Å². The first kappa shape index (κ1) is 21.9. The molecule has 6 heteroatoms. The van der Waals surface area contributed by atoms with Crippen LogP contribution in [0.4, 0.5) is 5.69 Å². The van der Waals surface area contributed by atoms with Crippen molar-refractivity contribution in [1.29, 1.82) is 5.26 Å². The van der Waals surface area contributed by atoms with Crippen molar-refractivity contribution >= 4 is 29.3 Å². The zero-order valence-electron chi connectivity index (χ0n) is 17.2. The average Bonchev–Trinajstić information content (AvgIpc) is 2.77. The number of nitrogens with zero attached hydrogens (tertiary/aromatic N) is 1. The maximum atomic E-state index is 12.5. The van der Waals surface area contributed by atoms with Gasteiger partial charge in [0.15, 0.2) is 0 Å². The lowest BCUT2D eigenvalue weighted by Gasteiger charge is -2.09. The minimum atomic E-state index is -0.511. The fourth-order valence-corrected chi connectivity index (χ4v) is 3.12. The van der Waals surface area contributed by atoms with Crippen LogP contribution in [0.5, 0.6) is 11.5 Å². The van der Waals surface area contributed by atoms with E-state index in [4.69, 9.17) is 21.1 Å². The van der Waals surface area contributed by atoms with Crippen LogP contribution < -0.4 is 14.8 Å². The van der Waals surface area contributed by atoms with Crippen LogP contribution in [0.3, 0.4) is 0 Å². The molecule has 1 N–H and O–H groups in total. The Morgan fingerprint density at radius 2 is 1.90 bits per heavy atom.